The summed E-state index contributed by atoms with van der Waals surface area (Å²) in [5.74, 6) is 0.990. The Labute approximate surface area is 175 Å². The largest absolute Gasteiger partial charge is 0.497 e. The first-order chi connectivity index (χ1) is 13.5. The molecule has 0 aliphatic carbocycles. The third-order valence-corrected chi connectivity index (χ3v) is 5.42. The van der Waals surface area contributed by atoms with Crippen molar-refractivity contribution in [1.82, 2.24) is 5.32 Å². The maximum Gasteiger partial charge on any atom is 0.253 e. The maximum absolute atomic E-state index is 12.9. The number of hydrogen-bond donors (Lipinski definition) is 2. The maximum atomic E-state index is 12.9. The van der Waals surface area contributed by atoms with Crippen LogP contribution in [0.15, 0.2) is 36.4 Å². The van der Waals surface area contributed by atoms with Crippen LogP contribution in [0, 0.1) is 0 Å². The average Bonchev–Trinajstić information content (AvgIpc) is 2.59. The minimum absolute atomic E-state index is 0.147. The third-order valence-electron chi connectivity index (χ3n) is 4.50. The molecule has 3 rings (SSSR count). The molecule has 0 spiro atoms. The molecule has 0 saturated carbocycles. The summed E-state index contributed by atoms with van der Waals surface area (Å²) in [5.41, 5.74) is 0.895. The van der Waals surface area contributed by atoms with Crippen molar-refractivity contribution in [2.75, 3.05) is 18.1 Å². The van der Waals surface area contributed by atoms with Crippen molar-refractivity contribution >= 4 is 33.2 Å². The minimum Gasteiger partial charge on any atom is -0.497 e. The fourth-order valence-corrected chi connectivity index (χ4v) is 4.12. The number of fused-ring (bicyclic) bond motifs is 1. The van der Waals surface area contributed by atoms with E-state index in [0.717, 1.165) is 11.8 Å². The van der Waals surface area contributed by atoms with Gasteiger partial charge < -0.3 is 14.8 Å². The van der Waals surface area contributed by atoms with E-state index >= 15 is 0 Å². The summed E-state index contributed by atoms with van der Waals surface area (Å²) < 4.78 is 36.4. The quantitative estimate of drug-likeness (QED) is 0.741. The standard InChI is InChI=1S/C20H23ClN2O5S/c1-20(2)11-17(15-10-13(27-3)6-8-18(15)28-20)22-19(24)14-7-5-12(9-16(14)21)23-29(4,25)26/h5-10,17,23H,11H2,1-4H3,(H,22,24). The van der Waals surface area contributed by atoms with Crippen molar-refractivity contribution in [3.63, 3.8) is 0 Å². The average molecular weight is 439 g/mol. The van der Waals surface area contributed by atoms with Gasteiger partial charge in [-0.3, -0.25) is 9.52 Å². The number of amides is 1. The summed E-state index contributed by atoms with van der Waals surface area (Å²) in [6.07, 6.45) is 1.60. The van der Waals surface area contributed by atoms with E-state index in [4.69, 9.17) is 21.1 Å². The van der Waals surface area contributed by atoms with Crippen molar-refractivity contribution in [1.29, 1.82) is 0 Å². The molecule has 0 saturated heterocycles. The van der Waals surface area contributed by atoms with Crippen LogP contribution >= 0.6 is 11.6 Å². The zero-order valence-corrected chi connectivity index (χ0v) is 18.1. The molecule has 2 aromatic rings. The summed E-state index contributed by atoms with van der Waals surface area (Å²) in [6, 6.07) is 9.56. The SMILES string of the molecule is COc1ccc2c(c1)C(NC(=O)c1ccc(NS(C)(=O)=O)cc1Cl)CC(C)(C)O2. The number of carbonyl (C=O) groups is 1. The van der Waals surface area contributed by atoms with Gasteiger partial charge in [-0.25, -0.2) is 8.42 Å². The predicted molar refractivity (Wildman–Crippen MR) is 112 cm³/mol. The van der Waals surface area contributed by atoms with Gasteiger partial charge >= 0.3 is 0 Å². The van der Waals surface area contributed by atoms with Crippen LogP contribution in [0.3, 0.4) is 0 Å². The Bertz CT molecular complexity index is 1050. The molecular weight excluding hydrogens is 416 g/mol. The van der Waals surface area contributed by atoms with Crippen LogP contribution in [0.25, 0.3) is 0 Å². The lowest BCUT2D eigenvalue weighted by molar-refractivity contribution is 0.0618. The molecule has 7 nitrogen and oxygen atoms in total. The Morgan fingerprint density at radius 2 is 1.97 bits per heavy atom. The van der Waals surface area contributed by atoms with Crippen molar-refractivity contribution in [2.24, 2.45) is 0 Å². The zero-order valence-electron chi connectivity index (χ0n) is 16.6. The number of sulfonamides is 1. The molecule has 1 unspecified atom stereocenters. The molecule has 0 fully saturated rings. The van der Waals surface area contributed by atoms with Gasteiger partial charge in [0.25, 0.3) is 5.91 Å². The first-order valence-electron chi connectivity index (χ1n) is 8.92. The lowest BCUT2D eigenvalue weighted by Gasteiger charge is -2.38. The highest BCUT2D eigenvalue weighted by Crippen LogP contribution is 2.41. The molecule has 1 heterocycles. The molecule has 2 aromatic carbocycles. The Morgan fingerprint density at radius 3 is 2.59 bits per heavy atom. The lowest BCUT2D eigenvalue weighted by atomic mass is 9.89. The van der Waals surface area contributed by atoms with E-state index in [-0.39, 0.29) is 28.2 Å². The molecule has 9 heteroatoms. The Balaban J connectivity index is 1.87. The predicted octanol–water partition coefficient (Wildman–Crippen LogP) is 3.75. The number of benzene rings is 2. The van der Waals surface area contributed by atoms with Crippen molar-refractivity contribution in [3.8, 4) is 11.5 Å². The highest BCUT2D eigenvalue weighted by Gasteiger charge is 2.35. The monoisotopic (exact) mass is 438 g/mol. The third kappa shape index (κ3) is 5.13. The summed E-state index contributed by atoms with van der Waals surface area (Å²) in [6.45, 7) is 3.91. The number of rotatable bonds is 5. The molecule has 0 radical (unpaired) electrons. The molecule has 1 amide bonds. The molecule has 0 bridgehead atoms. The van der Waals surface area contributed by atoms with Crippen molar-refractivity contribution in [3.05, 3.63) is 52.5 Å². The number of anilines is 1. The second kappa shape index (κ2) is 7.76. The summed E-state index contributed by atoms with van der Waals surface area (Å²) in [7, 11) is -1.86. The number of carbonyl (C=O) groups excluding carboxylic acids is 1. The van der Waals surface area contributed by atoms with E-state index in [1.165, 1.54) is 18.2 Å². The summed E-state index contributed by atoms with van der Waals surface area (Å²) in [5, 5.41) is 3.16. The van der Waals surface area contributed by atoms with Gasteiger partial charge in [0.15, 0.2) is 0 Å². The van der Waals surface area contributed by atoms with E-state index in [2.05, 4.69) is 10.0 Å². The minimum atomic E-state index is -3.44. The topological polar surface area (TPSA) is 93.7 Å². The van der Waals surface area contributed by atoms with E-state index in [1.54, 1.807) is 7.11 Å². The summed E-state index contributed by atoms with van der Waals surface area (Å²) >= 11 is 6.23. The van der Waals surface area contributed by atoms with Gasteiger partial charge in [-0.15, -0.1) is 0 Å². The molecule has 1 atom stereocenters. The van der Waals surface area contributed by atoms with E-state index in [1.807, 2.05) is 32.0 Å². The van der Waals surface area contributed by atoms with Crippen LogP contribution in [0.4, 0.5) is 5.69 Å². The number of hydrogen-bond acceptors (Lipinski definition) is 5. The normalized spacial score (nSPS) is 17.6. The van der Waals surface area contributed by atoms with Gasteiger partial charge in [0, 0.05) is 17.7 Å². The molecule has 2 N–H and O–H groups in total. The molecule has 0 aromatic heterocycles. The molecule has 1 aliphatic heterocycles. The highest BCUT2D eigenvalue weighted by molar-refractivity contribution is 7.92. The molecule has 156 valence electrons. The van der Waals surface area contributed by atoms with Gasteiger partial charge in [-0.2, -0.15) is 0 Å². The highest BCUT2D eigenvalue weighted by atomic mass is 35.5. The van der Waals surface area contributed by atoms with Crippen LogP contribution < -0.4 is 19.5 Å². The van der Waals surface area contributed by atoms with E-state index in [9.17, 15) is 13.2 Å². The van der Waals surface area contributed by atoms with Gasteiger partial charge in [0.05, 0.1) is 30.0 Å². The zero-order chi connectivity index (χ0) is 21.4. The van der Waals surface area contributed by atoms with Gasteiger partial charge in [-0.1, -0.05) is 11.6 Å². The lowest BCUT2D eigenvalue weighted by Crippen LogP contribution is -2.41. The second-order valence-corrected chi connectivity index (χ2v) is 9.72. The van der Waals surface area contributed by atoms with Gasteiger partial charge in [0.2, 0.25) is 10.0 Å². The van der Waals surface area contributed by atoms with Gasteiger partial charge in [-0.05, 0) is 50.2 Å². The fourth-order valence-electron chi connectivity index (χ4n) is 3.30. The smallest absolute Gasteiger partial charge is 0.253 e. The Hall–Kier alpha value is -2.45. The van der Waals surface area contributed by atoms with Crippen molar-refractivity contribution < 1.29 is 22.7 Å². The first-order valence-corrected chi connectivity index (χ1v) is 11.2. The van der Waals surface area contributed by atoms with E-state index < -0.39 is 15.6 Å². The second-order valence-electron chi connectivity index (χ2n) is 7.56. The summed E-state index contributed by atoms with van der Waals surface area (Å²) in [4.78, 5) is 12.9. The van der Waals surface area contributed by atoms with Crippen molar-refractivity contribution in [2.45, 2.75) is 31.9 Å². The van der Waals surface area contributed by atoms with Crippen LogP contribution in [0.1, 0.15) is 42.2 Å². The number of ether oxygens (including phenoxy) is 2. The van der Waals surface area contributed by atoms with Crippen LogP contribution in [0.2, 0.25) is 5.02 Å². The first kappa shape index (κ1) is 21.3. The number of nitrogens with one attached hydrogen (secondary N) is 2. The van der Waals surface area contributed by atoms with Crippen LogP contribution in [0.5, 0.6) is 11.5 Å². The molecule has 29 heavy (non-hydrogen) atoms. The van der Waals surface area contributed by atoms with Crippen LogP contribution in [-0.4, -0.2) is 33.3 Å². The number of halogens is 1. The van der Waals surface area contributed by atoms with Gasteiger partial charge in [0.1, 0.15) is 17.1 Å². The number of methoxy groups -OCH3 is 1. The van der Waals surface area contributed by atoms with Crippen LogP contribution in [-0.2, 0) is 10.0 Å². The molecular formula is C20H23ClN2O5S. The fraction of sp³-hybridized carbons (Fsp3) is 0.350. The molecule has 1 aliphatic rings. The Morgan fingerprint density at radius 1 is 1.24 bits per heavy atom. The van der Waals surface area contributed by atoms with E-state index in [0.29, 0.717) is 17.9 Å². The Kier molecular flexibility index (Phi) is 5.69.